The lowest BCUT2D eigenvalue weighted by Crippen LogP contribution is -2.32. The normalized spacial score (nSPS) is 10.4. The highest BCUT2D eigenvalue weighted by Gasteiger charge is 2.19. The van der Waals surface area contributed by atoms with Crippen LogP contribution >= 0.6 is 0 Å². The van der Waals surface area contributed by atoms with Crippen molar-refractivity contribution in [3.8, 4) is 5.75 Å². The third-order valence-corrected chi connectivity index (χ3v) is 4.07. The second kappa shape index (κ2) is 8.83. The summed E-state index contributed by atoms with van der Waals surface area (Å²) in [5.41, 5.74) is 0.376. The van der Waals surface area contributed by atoms with E-state index in [0.29, 0.717) is 11.1 Å². The van der Waals surface area contributed by atoms with Crippen LogP contribution in [0.2, 0.25) is 0 Å². The molecule has 2 N–H and O–H groups in total. The first-order valence-corrected chi connectivity index (χ1v) is 8.91. The first-order chi connectivity index (χ1) is 14.0. The summed E-state index contributed by atoms with van der Waals surface area (Å²) in [5, 5.41) is 12.0. The molecule has 0 atom stereocenters. The molecule has 0 radical (unpaired) electrons. The molecule has 0 aliphatic heterocycles. The number of phenolic OH excluding ortho intramolecular Hbond substituents is 1. The van der Waals surface area contributed by atoms with Crippen LogP contribution in [0, 0.1) is 0 Å². The number of carbonyl (C=O) groups is 2. The molecule has 148 valence electrons. The Balaban J connectivity index is 1.98. The average Bonchev–Trinajstić information content (AvgIpc) is 2.73. The lowest BCUT2D eigenvalue weighted by Gasteiger charge is -2.13. The number of rotatable bonds is 6. The van der Waals surface area contributed by atoms with Gasteiger partial charge in [-0.3, -0.25) is 14.2 Å². The van der Waals surface area contributed by atoms with E-state index >= 15 is 0 Å². The number of aromatic nitrogens is 2. The molecular formula is C21H19N3O5. The molecular weight excluding hydrogens is 374 g/mol. The van der Waals surface area contributed by atoms with Crippen LogP contribution in [0.15, 0.2) is 65.6 Å². The number of esters is 1. The maximum Gasteiger partial charge on any atom is 0.374 e. The van der Waals surface area contributed by atoms with Crippen molar-refractivity contribution < 1.29 is 19.4 Å². The number of hydrogen-bond acceptors (Lipinski definition) is 6. The Morgan fingerprint density at radius 1 is 1.10 bits per heavy atom. The van der Waals surface area contributed by atoms with Gasteiger partial charge in [-0.15, -0.1) is 0 Å². The summed E-state index contributed by atoms with van der Waals surface area (Å²) in [6.07, 6.45) is 1.14. The van der Waals surface area contributed by atoms with Crippen molar-refractivity contribution in [1.29, 1.82) is 0 Å². The first kappa shape index (κ1) is 19.8. The number of anilines is 1. The van der Waals surface area contributed by atoms with Gasteiger partial charge in [0.05, 0.1) is 19.3 Å². The van der Waals surface area contributed by atoms with Gasteiger partial charge >= 0.3 is 5.97 Å². The van der Waals surface area contributed by atoms with Crippen molar-refractivity contribution in [2.45, 2.75) is 13.5 Å². The summed E-state index contributed by atoms with van der Waals surface area (Å²) in [6, 6.07) is 14.6. The predicted molar refractivity (Wildman–Crippen MR) is 106 cm³/mol. The molecule has 8 heteroatoms. The van der Waals surface area contributed by atoms with Crippen LogP contribution in [0.3, 0.4) is 0 Å². The summed E-state index contributed by atoms with van der Waals surface area (Å²) in [7, 11) is 0. The van der Waals surface area contributed by atoms with Crippen molar-refractivity contribution in [2.24, 2.45) is 0 Å². The summed E-state index contributed by atoms with van der Waals surface area (Å²) in [6.45, 7) is 1.78. The van der Waals surface area contributed by atoms with Crippen molar-refractivity contribution in [3.05, 3.63) is 88.1 Å². The van der Waals surface area contributed by atoms with Crippen molar-refractivity contribution in [2.75, 3.05) is 11.9 Å². The first-order valence-electron chi connectivity index (χ1n) is 8.91. The molecule has 0 saturated heterocycles. The molecule has 0 aliphatic carbocycles. The minimum Gasteiger partial charge on any atom is -0.508 e. The van der Waals surface area contributed by atoms with Gasteiger partial charge in [-0.05, 0) is 36.8 Å². The Bertz CT molecular complexity index is 1080. The summed E-state index contributed by atoms with van der Waals surface area (Å²) >= 11 is 0. The van der Waals surface area contributed by atoms with Crippen LogP contribution in [-0.2, 0) is 11.3 Å². The van der Waals surface area contributed by atoms with Gasteiger partial charge in [-0.2, -0.15) is 0 Å². The molecule has 0 bridgehead atoms. The maximum absolute atomic E-state index is 13.0. The van der Waals surface area contributed by atoms with Crippen LogP contribution < -0.4 is 10.9 Å². The zero-order chi connectivity index (χ0) is 20.8. The fourth-order valence-electron chi connectivity index (χ4n) is 2.65. The maximum atomic E-state index is 13.0. The van der Waals surface area contributed by atoms with E-state index in [4.69, 9.17) is 4.74 Å². The predicted octanol–water partition coefficient (Wildman–Crippen LogP) is 2.43. The minimum absolute atomic E-state index is 0.00923. The molecule has 0 saturated carbocycles. The molecule has 3 aromatic rings. The van der Waals surface area contributed by atoms with Crippen LogP contribution in [0.5, 0.6) is 5.75 Å². The van der Waals surface area contributed by atoms with Gasteiger partial charge in [0.2, 0.25) is 5.82 Å². The largest absolute Gasteiger partial charge is 0.508 e. The summed E-state index contributed by atoms with van der Waals surface area (Å²) in [5.74, 6) is -1.31. The minimum atomic E-state index is -0.746. The van der Waals surface area contributed by atoms with E-state index in [1.807, 2.05) is 0 Å². The molecule has 0 spiro atoms. The topological polar surface area (TPSA) is 111 Å². The van der Waals surface area contributed by atoms with Crippen LogP contribution in [0.4, 0.5) is 5.69 Å². The van der Waals surface area contributed by atoms with Gasteiger partial charge in [0.15, 0.2) is 0 Å². The molecule has 3 rings (SSSR count). The van der Waals surface area contributed by atoms with E-state index in [-0.39, 0.29) is 30.4 Å². The third-order valence-electron chi connectivity index (χ3n) is 4.07. The fraction of sp³-hybridized carbons (Fsp3) is 0.143. The van der Waals surface area contributed by atoms with Gasteiger partial charge in [0.25, 0.3) is 11.5 Å². The zero-order valence-corrected chi connectivity index (χ0v) is 15.7. The number of benzene rings is 2. The van der Waals surface area contributed by atoms with E-state index in [1.54, 1.807) is 49.4 Å². The van der Waals surface area contributed by atoms with Crippen molar-refractivity contribution in [3.63, 3.8) is 0 Å². The van der Waals surface area contributed by atoms with Crippen LogP contribution in [0.25, 0.3) is 0 Å². The Labute approximate surface area is 166 Å². The highest BCUT2D eigenvalue weighted by atomic mass is 16.5. The Morgan fingerprint density at radius 2 is 1.79 bits per heavy atom. The number of hydrogen-bond donors (Lipinski definition) is 2. The molecule has 8 nitrogen and oxygen atoms in total. The highest BCUT2D eigenvalue weighted by molar-refractivity contribution is 6.04. The van der Waals surface area contributed by atoms with Gasteiger partial charge in [0, 0.05) is 5.56 Å². The highest BCUT2D eigenvalue weighted by Crippen LogP contribution is 2.12. The van der Waals surface area contributed by atoms with E-state index in [1.165, 1.54) is 12.1 Å². The smallest absolute Gasteiger partial charge is 0.374 e. The lowest BCUT2D eigenvalue weighted by molar-refractivity contribution is 0.0504. The standard InChI is InChI=1S/C21H19N3O5/c1-2-29-21(28)18-22-12-17(23-19(26)15-6-4-3-5-7-15)20(27)24(18)13-14-8-10-16(25)11-9-14/h3-12,25H,2,13H2,1H3,(H,23,26). The number of carbonyl (C=O) groups excluding carboxylic acids is 2. The van der Waals surface area contributed by atoms with Crippen LogP contribution in [0.1, 0.15) is 33.5 Å². The molecule has 0 unspecified atom stereocenters. The number of phenols is 1. The van der Waals surface area contributed by atoms with E-state index < -0.39 is 17.4 Å². The third kappa shape index (κ3) is 4.67. The average molecular weight is 393 g/mol. The summed E-state index contributed by atoms with van der Waals surface area (Å²) < 4.78 is 6.11. The summed E-state index contributed by atoms with van der Waals surface area (Å²) in [4.78, 5) is 41.7. The molecule has 1 amide bonds. The molecule has 0 fully saturated rings. The quantitative estimate of drug-likeness (QED) is 0.623. The second-order valence-electron chi connectivity index (χ2n) is 6.09. The number of nitrogens with one attached hydrogen (secondary N) is 1. The van der Waals surface area contributed by atoms with E-state index in [9.17, 15) is 19.5 Å². The fourth-order valence-corrected chi connectivity index (χ4v) is 2.65. The number of nitrogens with zero attached hydrogens (tertiary/aromatic N) is 2. The van der Waals surface area contributed by atoms with Gasteiger partial charge in [-0.25, -0.2) is 9.78 Å². The SMILES string of the molecule is CCOC(=O)c1ncc(NC(=O)c2ccccc2)c(=O)n1Cc1ccc(O)cc1. The molecule has 1 heterocycles. The van der Waals surface area contributed by atoms with Crippen molar-refractivity contribution >= 4 is 17.6 Å². The molecule has 2 aromatic carbocycles. The van der Waals surface area contributed by atoms with Crippen LogP contribution in [-0.4, -0.2) is 33.1 Å². The van der Waals surface area contributed by atoms with Gasteiger partial charge in [0.1, 0.15) is 11.4 Å². The second-order valence-corrected chi connectivity index (χ2v) is 6.09. The molecule has 29 heavy (non-hydrogen) atoms. The van der Waals surface area contributed by atoms with Gasteiger partial charge in [-0.1, -0.05) is 30.3 Å². The number of amides is 1. The molecule has 0 aliphatic rings. The molecule has 1 aromatic heterocycles. The van der Waals surface area contributed by atoms with Crippen molar-refractivity contribution in [1.82, 2.24) is 9.55 Å². The zero-order valence-electron chi connectivity index (χ0n) is 15.7. The monoisotopic (exact) mass is 393 g/mol. The Kier molecular flexibility index (Phi) is 6.03. The Hall–Kier alpha value is -3.94. The van der Waals surface area contributed by atoms with Gasteiger partial charge < -0.3 is 15.2 Å². The van der Waals surface area contributed by atoms with E-state index in [0.717, 1.165) is 10.8 Å². The number of aromatic hydroxyl groups is 1. The van der Waals surface area contributed by atoms with E-state index in [2.05, 4.69) is 10.3 Å². The number of ether oxygens (including phenoxy) is 1. The lowest BCUT2D eigenvalue weighted by atomic mass is 10.2. The Morgan fingerprint density at radius 3 is 2.45 bits per heavy atom.